The van der Waals surface area contributed by atoms with Gasteiger partial charge in [0.15, 0.2) is 0 Å². The lowest BCUT2D eigenvalue weighted by molar-refractivity contribution is -0.128. The Bertz CT molecular complexity index is 723. The summed E-state index contributed by atoms with van der Waals surface area (Å²) >= 11 is 1.22. The lowest BCUT2D eigenvalue weighted by Gasteiger charge is -2.18. The van der Waals surface area contributed by atoms with Gasteiger partial charge in [-0.05, 0) is 25.5 Å². The smallest absolute Gasteiger partial charge is 0.277 e. The van der Waals surface area contributed by atoms with Crippen LogP contribution >= 0.6 is 11.8 Å². The second-order valence-electron chi connectivity index (χ2n) is 5.12. The van der Waals surface area contributed by atoms with Crippen LogP contribution in [0.15, 0.2) is 33.9 Å². The predicted molar refractivity (Wildman–Crippen MR) is 87.7 cm³/mol. The van der Waals surface area contributed by atoms with E-state index in [0.717, 1.165) is 11.1 Å². The first kappa shape index (κ1) is 17.0. The molecule has 1 heterocycles. The molecule has 0 aliphatic heterocycles. The van der Waals surface area contributed by atoms with E-state index in [1.54, 1.807) is 18.9 Å². The number of nitrogens with zero attached hydrogens (tertiary/aromatic N) is 4. The normalized spacial score (nSPS) is 11.7. The molecule has 1 atom stereocenters. The number of carbonyl (C=O) groups excluding carboxylic acids is 1. The number of benzene rings is 1. The van der Waals surface area contributed by atoms with Gasteiger partial charge in [0, 0.05) is 19.2 Å². The first-order valence-corrected chi connectivity index (χ1v) is 8.09. The van der Waals surface area contributed by atoms with Crippen molar-refractivity contribution < 1.29 is 9.21 Å². The van der Waals surface area contributed by atoms with E-state index in [4.69, 9.17) is 9.68 Å². The van der Waals surface area contributed by atoms with E-state index >= 15 is 0 Å². The molecule has 2 aromatic rings. The van der Waals surface area contributed by atoms with Crippen molar-refractivity contribution in [2.75, 3.05) is 13.6 Å². The van der Waals surface area contributed by atoms with Crippen LogP contribution in [0.5, 0.6) is 0 Å². The van der Waals surface area contributed by atoms with Crippen molar-refractivity contribution in [1.29, 1.82) is 5.26 Å². The third-order valence-electron chi connectivity index (χ3n) is 3.34. The van der Waals surface area contributed by atoms with E-state index in [1.165, 1.54) is 11.8 Å². The van der Waals surface area contributed by atoms with Gasteiger partial charge in [-0.25, -0.2) is 0 Å². The first-order chi connectivity index (χ1) is 11.0. The highest BCUT2D eigenvalue weighted by Gasteiger charge is 2.21. The Balaban J connectivity index is 2.03. The van der Waals surface area contributed by atoms with Gasteiger partial charge < -0.3 is 9.32 Å². The van der Waals surface area contributed by atoms with Crippen molar-refractivity contribution in [3.8, 4) is 17.5 Å². The second kappa shape index (κ2) is 7.79. The van der Waals surface area contributed by atoms with Gasteiger partial charge >= 0.3 is 0 Å². The number of rotatable bonds is 6. The fourth-order valence-corrected chi connectivity index (χ4v) is 2.82. The van der Waals surface area contributed by atoms with Gasteiger partial charge in [0.1, 0.15) is 0 Å². The van der Waals surface area contributed by atoms with Crippen LogP contribution in [0, 0.1) is 18.3 Å². The second-order valence-corrected chi connectivity index (χ2v) is 6.41. The molecule has 0 radical (unpaired) electrons. The first-order valence-electron chi connectivity index (χ1n) is 7.21. The highest BCUT2D eigenvalue weighted by Crippen LogP contribution is 2.28. The fraction of sp³-hybridized carbons (Fsp3) is 0.375. The molecule has 0 spiro atoms. The maximum atomic E-state index is 12.2. The summed E-state index contributed by atoms with van der Waals surface area (Å²) in [6.45, 7) is 4.18. The molecule has 0 N–H and O–H groups in total. The summed E-state index contributed by atoms with van der Waals surface area (Å²) in [5.74, 6) is 0.379. The zero-order chi connectivity index (χ0) is 16.8. The van der Waals surface area contributed by atoms with Crippen LogP contribution in [0.1, 0.15) is 18.9 Å². The molecule has 0 fully saturated rings. The predicted octanol–water partition coefficient (Wildman–Crippen LogP) is 2.90. The molecule has 120 valence electrons. The van der Waals surface area contributed by atoms with Gasteiger partial charge in [0.25, 0.3) is 5.22 Å². The number of hydrogen-bond donors (Lipinski definition) is 0. The molecule has 1 amide bonds. The lowest BCUT2D eigenvalue weighted by atomic mass is 10.1. The molecule has 23 heavy (non-hydrogen) atoms. The molecule has 1 aromatic heterocycles. The van der Waals surface area contributed by atoms with E-state index in [0.29, 0.717) is 24.1 Å². The van der Waals surface area contributed by atoms with Crippen molar-refractivity contribution >= 4 is 17.7 Å². The molecule has 1 aromatic carbocycles. The molecule has 0 aliphatic rings. The zero-order valence-corrected chi connectivity index (χ0v) is 14.1. The minimum absolute atomic E-state index is 0.0686. The monoisotopic (exact) mass is 330 g/mol. The summed E-state index contributed by atoms with van der Waals surface area (Å²) in [5.41, 5.74) is 1.94. The average Bonchev–Trinajstić information content (AvgIpc) is 3.00. The van der Waals surface area contributed by atoms with Crippen LogP contribution in [0.2, 0.25) is 0 Å². The molecule has 0 saturated carbocycles. The molecule has 0 saturated heterocycles. The summed E-state index contributed by atoms with van der Waals surface area (Å²) in [5, 5.41) is 16.6. The van der Waals surface area contributed by atoms with Gasteiger partial charge in [-0.2, -0.15) is 5.26 Å². The van der Waals surface area contributed by atoms with Crippen LogP contribution in [-0.4, -0.2) is 39.8 Å². The van der Waals surface area contributed by atoms with Crippen molar-refractivity contribution in [3.63, 3.8) is 0 Å². The van der Waals surface area contributed by atoms with Gasteiger partial charge in [-0.15, -0.1) is 10.2 Å². The van der Waals surface area contributed by atoms with E-state index < -0.39 is 0 Å². The van der Waals surface area contributed by atoms with E-state index in [1.807, 2.05) is 37.3 Å². The van der Waals surface area contributed by atoms with Crippen LogP contribution in [0.25, 0.3) is 11.5 Å². The Morgan fingerprint density at radius 3 is 2.87 bits per heavy atom. The molecule has 7 heteroatoms. The largest absolute Gasteiger partial charge is 0.411 e. The Labute approximate surface area is 139 Å². The number of aromatic nitrogens is 2. The SMILES string of the molecule is Cc1ccccc1-c1nnc(S[C@@H](C)C(=O)N(C)CCC#N)o1. The third-order valence-corrected chi connectivity index (χ3v) is 4.26. The topological polar surface area (TPSA) is 83.0 Å². The van der Waals surface area contributed by atoms with Crippen LogP contribution in [-0.2, 0) is 4.79 Å². The Morgan fingerprint density at radius 1 is 1.43 bits per heavy atom. The summed E-state index contributed by atoms with van der Waals surface area (Å²) in [6, 6.07) is 9.78. The summed E-state index contributed by atoms with van der Waals surface area (Å²) in [7, 11) is 1.68. The van der Waals surface area contributed by atoms with Gasteiger partial charge in [-0.1, -0.05) is 30.0 Å². The minimum Gasteiger partial charge on any atom is -0.411 e. The summed E-state index contributed by atoms with van der Waals surface area (Å²) < 4.78 is 5.65. The standard InChI is InChI=1S/C16H18N4O2S/c1-11-7-4-5-8-13(11)14-18-19-16(22-14)23-12(2)15(21)20(3)10-6-9-17/h4-5,7-8,12H,6,10H2,1-3H3/t12-/m0/s1. The quantitative estimate of drug-likeness (QED) is 0.757. The molecular weight excluding hydrogens is 312 g/mol. The molecule has 6 nitrogen and oxygen atoms in total. The van der Waals surface area contributed by atoms with E-state index in [-0.39, 0.29) is 11.2 Å². The number of aryl methyl sites for hydroxylation is 1. The van der Waals surface area contributed by atoms with Crippen LogP contribution in [0.3, 0.4) is 0 Å². The van der Waals surface area contributed by atoms with Crippen molar-refractivity contribution in [3.05, 3.63) is 29.8 Å². The zero-order valence-electron chi connectivity index (χ0n) is 13.3. The summed E-state index contributed by atoms with van der Waals surface area (Å²) in [6.07, 6.45) is 0.317. The van der Waals surface area contributed by atoms with Gasteiger partial charge in [-0.3, -0.25) is 4.79 Å². The maximum Gasteiger partial charge on any atom is 0.277 e. The van der Waals surface area contributed by atoms with Crippen LogP contribution in [0.4, 0.5) is 0 Å². The number of amides is 1. The number of nitriles is 1. The minimum atomic E-state index is -0.358. The van der Waals surface area contributed by atoms with Crippen molar-refractivity contribution in [2.45, 2.75) is 30.7 Å². The van der Waals surface area contributed by atoms with Crippen molar-refractivity contribution in [2.24, 2.45) is 0 Å². The third kappa shape index (κ3) is 4.33. The fourth-order valence-electron chi connectivity index (χ4n) is 2.02. The summed E-state index contributed by atoms with van der Waals surface area (Å²) in [4.78, 5) is 13.7. The molecule has 2 rings (SSSR count). The van der Waals surface area contributed by atoms with Crippen LogP contribution < -0.4 is 0 Å². The van der Waals surface area contributed by atoms with E-state index in [9.17, 15) is 4.79 Å². The molecule has 0 bridgehead atoms. The molecule has 0 unspecified atom stereocenters. The highest BCUT2D eigenvalue weighted by molar-refractivity contribution is 8.00. The molecule has 0 aliphatic carbocycles. The number of hydrogen-bond acceptors (Lipinski definition) is 6. The number of carbonyl (C=O) groups is 1. The maximum absolute atomic E-state index is 12.2. The van der Waals surface area contributed by atoms with Gasteiger partial charge in [0.05, 0.1) is 17.7 Å². The Morgan fingerprint density at radius 2 is 2.17 bits per heavy atom. The van der Waals surface area contributed by atoms with E-state index in [2.05, 4.69) is 10.2 Å². The molecular formula is C16H18N4O2S. The lowest BCUT2D eigenvalue weighted by Crippen LogP contribution is -2.33. The number of thioether (sulfide) groups is 1. The highest BCUT2D eigenvalue weighted by atomic mass is 32.2. The Hall–Kier alpha value is -2.33. The Kier molecular flexibility index (Phi) is 5.77. The van der Waals surface area contributed by atoms with Gasteiger partial charge in [0.2, 0.25) is 11.8 Å². The van der Waals surface area contributed by atoms with Crippen molar-refractivity contribution in [1.82, 2.24) is 15.1 Å². The average molecular weight is 330 g/mol.